The maximum absolute atomic E-state index is 4.34. The van der Waals surface area contributed by atoms with Gasteiger partial charge in [-0.15, -0.1) is 0 Å². The molecule has 0 radical (unpaired) electrons. The first-order valence-electron chi connectivity index (χ1n) is 11.6. The maximum atomic E-state index is 4.34. The van der Waals surface area contributed by atoms with E-state index in [0.717, 1.165) is 6.04 Å². The molecule has 0 amide bonds. The molecule has 3 aliphatic carbocycles. The van der Waals surface area contributed by atoms with E-state index in [0.29, 0.717) is 0 Å². The first-order chi connectivity index (χ1) is 14.6. The summed E-state index contributed by atoms with van der Waals surface area (Å²) < 4.78 is 6.09. The van der Waals surface area contributed by atoms with E-state index in [1.165, 1.54) is 59.2 Å². The van der Waals surface area contributed by atoms with Gasteiger partial charge in [-0.2, -0.15) is 0 Å². The van der Waals surface area contributed by atoms with Gasteiger partial charge in [-0.3, -0.25) is 0 Å². The van der Waals surface area contributed by atoms with Crippen molar-refractivity contribution in [2.24, 2.45) is 0 Å². The summed E-state index contributed by atoms with van der Waals surface area (Å²) in [5.41, 5.74) is 7.33. The zero-order valence-corrected chi connectivity index (χ0v) is 23.4. The number of nitrogens with one attached hydrogen (secondary N) is 1. The molecule has 3 aliphatic rings. The van der Waals surface area contributed by atoms with Crippen molar-refractivity contribution in [2.75, 3.05) is 0 Å². The standard InChI is InChI=1S/C19H13.C6H12N.C2H7Si.2ClH.Ti/c1-13-10-17-11-15-8-5-9-16(15)12-18(17)19(13)14-6-3-2-4-7-14;7-6-4-2-1-3-5-6;1-3-2;;;/h2-9,11-12H,1H3;6-7H,1-5H2;3H,1-2H3;2*1H;/q;-1;;;;+3/p-2. The number of hydrogen-bond acceptors (Lipinski definition) is 1. The van der Waals surface area contributed by atoms with Crippen LogP contribution in [0.1, 0.15) is 55.7 Å². The van der Waals surface area contributed by atoms with Gasteiger partial charge >= 0.3 is 189 Å². The second-order valence-electron chi connectivity index (χ2n) is 9.34. The Kier molecular flexibility index (Phi) is 8.88. The molecule has 0 unspecified atom stereocenters. The zero-order valence-electron chi connectivity index (χ0n) is 19.2. The average Bonchev–Trinajstić information content (AvgIpc) is 3.32. The minimum absolute atomic E-state index is 0. The molecule has 5 rings (SSSR count). The molecule has 0 aliphatic heterocycles. The molecule has 32 heavy (non-hydrogen) atoms. The largest absolute Gasteiger partial charge is 1.00 e. The Labute approximate surface area is 212 Å². The van der Waals surface area contributed by atoms with E-state index in [2.05, 4.69) is 84.5 Å². The van der Waals surface area contributed by atoms with Gasteiger partial charge < -0.3 is 24.8 Å². The van der Waals surface area contributed by atoms with E-state index in [9.17, 15) is 0 Å². The minimum atomic E-state index is -1.55. The van der Waals surface area contributed by atoms with Crippen LogP contribution in [0.4, 0.5) is 0 Å². The second kappa shape index (κ2) is 11.0. The quantitative estimate of drug-likeness (QED) is 0.497. The Bertz CT molecular complexity index is 1150. The van der Waals surface area contributed by atoms with Crippen molar-refractivity contribution in [3.8, 4) is 0 Å². The van der Waals surface area contributed by atoms with E-state index in [-0.39, 0.29) is 24.8 Å². The zero-order chi connectivity index (χ0) is 20.7. The number of hydrogen-bond donors (Lipinski definition) is 1. The third-order valence-corrected chi connectivity index (χ3v) is 18.3. The van der Waals surface area contributed by atoms with Crippen LogP contribution in [0, 0.1) is 0 Å². The first kappa shape index (κ1) is 25.7. The summed E-state index contributed by atoms with van der Waals surface area (Å²) >= 11 is -1.55. The second-order valence-corrected chi connectivity index (χ2v) is 22.0. The molecule has 1 fully saturated rings. The van der Waals surface area contributed by atoms with Gasteiger partial charge in [0.05, 0.1) is 0 Å². The number of rotatable bonds is 5. The van der Waals surface area contributed by atoms with Crippen molar-refractivity contribution in [1.82, 2.24) is 3.80 Å². The molecule has 0 atom stereocenters. The SMILES string of the molecule is CC1=[C]([Ti+2]([NH]C2CCCCC2)[SiH](C)C)c2cc3c(cc2=C1c1ccccc1)C=CC=3.[Cl-].[Cl-]. The van der Waals surface area contributed by atoms with Crippen LogP contribution in [0.25, 0.3) is 21.6 Å². The van der Waals surface area contributed by atoms with Gasteiger partial charge in [0.1, 0.15) is 0 Å². The molecule has 2 aromatic carbocycles. The number of benzene rings is 2. The summed E-state index contributed by atoms with van der Waals surface area (Å²) in [6, 6.07) is 16.8. The molecule has 1 nitrogen and oxygen atoms in total. The summed E-state index contributed by atoms with van der Waals surface area (Å²) in [6.45, 7) is 6.80. The fourth-order valence-electron chi connectivity index (χ4n) is 5.44. The van der Waals surface area contributed by atoms with E-state index >= 15 is 0 Å². The fourth-order valence-corrected chi connectivity index (χ4v) is 16.1. The summed E-state index contributed by atoms with van der Waals surface area (Å²) in [6.07, 6.45) is 13.8. The van der Waals surface area contributed by atoms with E-state index < -0.39 is 24.0 Å². The smallest absolute Gasteiger partial charge is 1.00 e. The summed E-state index contributed by atoms with van der Waals surface area (Å²) in [7, 11) is 0. The van der Waals surface area contributed by atoms with Crippen LogP contribution in [0.3, 0.4) is 0 Å². The third-order valence-electron chi connectivity index (χ3n) is 6.94. The third kappa shape index (κ3) is 4.82. The van der Waals surface area contributed by atoms with Gasteiger partial charge in [-0.05, 0) is 0 Å². The Morgan fingerprint density at radius 2 is 1.69 bits per heavy atom. The monoisotopic (exact) mass is 516 g/mol. The van der Waals surface area contributed by atoms with Crippen LogP contribution >= 0.6 is 0 Å². The van der Waals surface area contributed by atoms with E-state index in [4.69, 9.17) is 0 Å². The molecular formula is C27H32Cl2NSiTi. The maximum Gasteiger partial charge on any atom is -1.00 e. The molecule has 1 N–H and O–H groups in total. The van der Waals surface area contributed by atoms with Crippen molar-refractivity contribution in [2.45, 2.75) is 58.2 Å². The van der Waals surface area contributed by atoms with Gasteiger partial charge in [-0.25, -0.2) is 0 Å². The van der Waals surface area contributed by atoms with Crippen molar-refractivity contribution < 1.29 is 42.2 Å². The molecule has 0 bridgehead atoms. The van der Waals surface area contributed by atoms with Gasteiger partial charge in [0, 0.05) is 0 Å². The van der Waals surface area contributed by atoms with Gasteiger partial charge in [0.25, 0.3) is 0 Å². The van der Waals surface area contributed by atoms with Crippen LogP contribution in [0.2, 0.25) is 13.1 Å². The molecule has 0 spiro atoms. The molecule has 5 heteroatoms. The summed E-state index contributed by atoms with van der Waals surface area (Å²) in [4.78, 5) is 0. The molecular weight excluding hydrogens is 485 g/mol. The van der Waals surface area contributed by atoms with E-state index in [1.807, 2.05) is 0 Å². The number of allylic oxidation sites excluding steroid dienone is 2. The van der Waals surface area contributed by atoms with Gasteiger partial charge in [0.2, 0.25) is 0 Å². The Hall–Kier alpha value is -0.869. The van der Waals surface area contributed by atoms with Crippen LogP contribution in [-0.2, 0) is 17.4 Å². The predicted octanol–water partition coefficient (Wildman–Crippen LogP) is -1.12. The molecule has 0 saturated heterocycles. The molecule has 167 valence electrons. The van der Waals surface area contributed by atoms with Gasteiger partial charge in [0.15, 0.2) is 0 Å². The molecule has 1 saturated carbocycles. The van der Waals surface area contributed by atoms with Crippen LogP contribution in [-0.4, -0.2) is 12.7 Å². The number of fused-ring (bicyclic) bond motifs is 2. The Balaban J connectivity index is 0.00000144. The molecule has 0 aromatic heterocycles. The van der Waals surface area contributed by atoms with Crippen molar-refractivity contribution in [3.05, 3.63) is 81.2 Å². The van der Waals surface area contributed by atoms with Crippen molar-refractivity contribution in [3.63, 3.8) is 0 Å². The Morgan fingerprint density at radius 3 is 2.38 bits per heavy atom. The Morgan fingerprint density at radius 1 is 0.969 bits per heavy atom. The van der Waals surface area contributed by atoms with Crippen molar-refractivity contribution >= 4 is 28.3 Å². The summed E-state index contributed by atoms with van der Waals surface area (Å²) in [5.74, 6) is 0. The number of halogens is 2. The van der Waals surface area contributed by atoms with Gasteiger partial charge in [-0.1, -0.05) is 0 Å². The first-order valence-corrected chi connectivity index (χ1v) is 18.8. The topological polar surface area (TPSA) is 12.0 Å². The average molecular weight is 517 g/mol. The van der Waals surface area contributed by atoms with Crippen LogP contribution < -0.4 is 39.1 Å². The predicted molar refractivity (Wildman–Crippen MR) is 130 cm³/mol. The molecule has 2 aromatic rings. The normalized spacial score (nSPS) is 16.9. The fraction of sp³-hybridized carbons (Fsp3) is 0.333. The minimum Gasteiger partial charge on any atom is -1.00 e. The summed E-state index contributed by atoms with van der Waals surface area (Å²) in [5, 5.41) is 2.87. The van der Waals surface area contributed by atoms with Crippen LogP contribution in [0.15, 0.2) is 54.1 Å². The van der Waals surface area contributed by atoms with E-state index in [1.54, 1.807) is 15.0 Å². The van der Waals surface area contributed by atoms with Crippen molar-refractivity contribution in [1.29, 1.82) is 0 Å². The molecule has 0 heterocycles. The van der Waals surface area contributed by atoms with Crippen LogP contribution in [0.5, 0.6) is 0 Å².